The lowest BCUT2D eigenvalue weighted by atomic mass is 10.1. The Hall–Kier alpha value is -1.87. The summed E-state index contributed by atoms with van der Waals surface area (Å²) in [5, 5.41) is 2.56. The lowest BCUT2D eigenvalue weighted by molar-refractivity contribution is -0.137. The lowest BCUT2D eigenvalue weighted by Gasteiger charge is -2.11. The van der Waals surface area contributed by atoms with E-state index < -0.39 is 30.2 Å². The van der Waals surface area contributed by atoms with Crippen LogP contribution >= 0.6 is 31.9 Å². The molecule has 9 heteroatoms. The second-order valence-electron chi connectivity index (χ2n) is 5.31. The summed E-state index contributed by atoms with van der Waals surface area (Å²) in [7, 11) is 0. The van der Waals surface area contributed by atoms with Gasteiger partial charge in [-0.25, -0.2) is 4.79 Å². The fourth-order valence-electron chi connectivity index (χ4n) is 2.03. The van der Waals surface area contributed by atoms with Crippen LogP contribution in [0, 0.1) is 6.92 Å². The normalized spacial score (nSPS) is 11.2. The predicted molar refractivity (Wildman–Crippen MR) is 96.9 cm³/mol. The number of aryl methyl sites for hydroxylation is 1. The summed E-state index contributed by atoms with van der Waals surface area (Å²) in [6.07, 6.45) is -4.57. The molecule has 2 aromatic carbocycles. The molecule has 0 heterocycles. The summed E-state index contributed by atoms with van der Waals surface area (Å²) in [4.78, 5) is 23.8. The highest BCUT2D eigenvalue weighted by Gasteiger charge is 2.31. The molecule has 0 aromatic heterocycles. The van der Waals surface area contributed by atoms with Crippen molar-refractivity contribution in [1.29, 1.82) is 0 Å². The van der Waals surface area contributed by atoms with Crippen LogP contribution < -0.4 is 5.32 Å². The molecule has 0 fully saturated rings. The molecule has 1 N–H and O–H groups in total. The summed E-state index contributed by atoms with van der Waals surface area (Å²) in [6.45, 7) is 1.24. The molecule has 4 nitrogen and oxygen atoms in total. The number of carbonyl (C=O) groups excluding carboxylic acids is 2. The van der Waals surface area contributed by atoms with Gasteiger partial charge in [0.1, 0.15) is 0 Å². The van der Waals surface area contributed by atoms with Gasteiger partial charge in [-0.15, -0.1) is 0 Å². The smallest absolute Gasteiger partial charge is 0.416 e. The average molecular weight is 495 g/mol. The molecule has 0 saturated heterocycles. The topological polar surface area (TPSA) is 55.4 Å². The maximum Gasteiger partial charge on any atom is 0.416 e. The minimum Gasteiger partial charge on any atom is -0.452 e. The van der Waals surface area contributed by atoms with Crippen LogP contribution in [0.2, 0.25) is 0 Å². The predicted octanol–water partition coefficient (Wildman–Crippen LogP) is 5.33. The number of amides is 1. The van der Waals surface area contributed by atoms with E-state index in [0.29, 0.717) is 20.7 Å². The maximum atomic E-state index is 12.7. The second kappa shape index (κ2) is 8.22. The molecule has 0 spiro atoms. The van der Waals surface area contributed by atoms with Crippen molar-refractivity contribution in [2.45, 2.75) is 13.1 Å². The highest BCUT2D eigenvalue weighted by Crippen LogP contribution is 2.32. The number of nitrogens with one attached hydrogen (secondary N) is 1. The Labute approximate surface area is 164 Å². The SMILES string of the molecule is Cc1cc(Br)c(NC(=O)COC(=O)c2cccc(C(F)(F)F)c2)c(Br)c1. The third kappa shape index (κ3) is 5.31. The standard InChI is InChI=1S/C17H12Br2F3NO3/c1-9-5-12(18)15(13(19)6-9)23-14(24)8-26-16(25)10-3-2-4-11(7-10)17(20,21)22/h2-7H,8H2,1H3,(H,23,24). The molecule has 0 atom stereocenters. The molecule has 138 valence electrons. The van der Waals surface area contributed by atoms with Crippen LogP contribution in [0.25, 0.3) is 0 Å². The number of ether oxygens (including phenoxy) is 1. The van der Waals surface area contributed by atoms with Gasteiger partial charge in [0.2, 0.25) is 0 Å². The van der Waals surface area contributed by atoms with Crippen LogP contribution in [-0.4, -0.2) is 18.5 Å². The molecule has 0 bridgehead atoms. The van der Waals surface area contributed by atoms with Crippen molar-refractivity contribution in [3.05, 3.63) is 62.0 Å². The number of esters is 1. The molecule has 0 saturated carbocycles. The van der Waals surface area contributed by atoms with E-state index in [1.54, 1.807) is 12.1 Å². The molecule has 0 aliphatic heterocycles. The van der Waals surface area contributed by atoms with E-state index in [2.05, 4.69) is 37.2 Å². The zero-order valence-corrected chi connectivity index (χ0v) is 16.5. The van der Waals surface area contributed by atoms with Gasteiger partial charge in [-0.3, -0.25) is 4.79 Å². The summed E-state index contributed by atoms with van der Waals surface area (Å²) in [6, 6.07) is 7.37. The van der Waals surface area contributed by atoms with Crippen molar-refractivity contribution in [3.63, 3.8) is 0 Å². The monoisotopic (exact) mass is 493 g/mol. The van der Waals surface area contributed by atoms with Gasteiger partial charge < -0.3 is 10.1 Å². The number of anilines is 1. The zero-order valence-electron chi connectivity index (χ0n) is 13.3. The van der Waals surface area contributed by atoms with Crippen molar-refractivity contribution >= 4 is 49.4 Å². The Morgan fingerprint density at radius 2 is 1.73 bits per heavy atom. The number of benzene rings is 2. The molecule has 1 amide bonds. The number of hydrogen-bond acceptors (Lipinski definition) is 3. The van der Waals surface area contributed by atoms with Gasteiger partial charge in [-0.1, -0.05) is 6.07 Å². The fraction of sp³-hybridized carbons (Fsp3) is 0.176. The van der Waals surface area contributed by atoms with Crippen LogP contribution in [-0.2, 0) is 15.7 Å². The maximum absolute atomic E-state index is 12.7. The van der Waals surface area contributed by atoms with Crippen LogP contribution in [0.3, 0.4) is 0 Å². The molecular weight excluding hydrogens is 483 g/mol. The van der Waals surface area contributed by atoms with Crippen LogP contribution in [0.5, 0.6) is 0 Å². The van der Waals surface area contributed by atoms with E-state index in [1.165, 1.54) is 6.07 Å². The number of hydrogen-bond donors (Lipinski definition) is 1. The van der Waals surface area contributed by atoms with Gasteiger partial charge in [0, 0.05) is 8.95 Å². The summed E-state index contributed by atoms with van der Waals surface area (Å²) in [5.74, 6) is -1.65. The van der Waals surface area contributed by atoms with Crippen molar-refractivity contribution in [1.82, 2.24) is 0 Å². The van der Waals surface area contributed by atoms with E-state index in [-0.39, 0.29) is 5.56 Å². The third-order valence-electron chi connectivity index (χ3n) is 3.21. The third-order valence-corrected chi connectivity index (χ3v) is 4.46. The highest BCUT2D eigenvalue weighted by atomic mass is 79.9. The van der Waals surface area contributed by atoms with Crippen LogP contribution in [0.15, 0.2) is 45.3 Å². The minimum atomic E-state index is -4.57. The van der Waals surface area contributed by atoms with Crippen molar-refractivity contribution in [2.75, 3.05) is 11.9 Å². The lowest BCUT2D eigenvalue weighted by Crippen LogP contribution is -2.21. The minimum absolute atomic E-state index is 0.287. The summed E-state index contributed by atoms with van der Waals surface area (Å²) < 4.78 is 44.0. The van der Waals surface area contributed by atoms with Gasteiger partial charge in [0.05, 0.1) is 16.8 Å². The summed E-state index contributed by atoms with van der Waals surface area (Å²) >= 11 is 6.62. The van der Waals surface area contributed by atoms with Crippen molar-refractivity contribution < 1.29 is 27.5 Å². The largest absolute Gasteiger partial charge is 0.452 e. The number of halogens is 5. The average Bonchev–Trinajstić information content (AvgIpc) is 2.55. The Morgan fingerprint density at radius 1 is 1.12 bits per heavy atom. The van der Waals surface area contributed by atoms with Gasteiger partial charge in [-0.2, -0.15) is 13.2 Å². The zero-order chi connectivity index (χ0) is 19.5. The molecule has 2 rings (SSSR count). The van der Waals surface area contributed by atoms with Gasteiger partial charge in [0.25, 0.3) is 5.91 Å². The molecule has 0 aliphatic rings. The molecular formula is C17H12Br2F3NO3. The van der Waals surface area contributed by atoms with Gasteiger partial charge >= 0.3 is 12.1 Å². The van der Waals surface area contributed by atoms with Crippen molar-refractivity contribution in [2.24, 2.45) is 0 Å². The Kier molecular flexibility index (Phi) is 6.46. The number of rotatable bonds is 4. The first kappa shape index (κ1) is 20.4. The molecule has 0 aliphatic carbocycles. The first-order valence-electron chi connectivity index (χ1n) is 7.18. The number of alkyl halides is 3. The Balaban J connectivity index is 2.01. The van der Waals surface area contributed by atoms with E-state index >= 15 is 0 Å². The van der Waals surface area contributed by atoms with E-state index in [0.717, 1.165) is 17.7 Å². The van der Waals surface area contributed by atoms with Crippen LogP contribution in [0.4, 0.5) is 18.9 Å². The fourth-order valence-corrected chi connectivity index (χ4v) is 3.65. The van der Waals surface area contributed by atoms with Gasteiger partial charge in [0.15, 0.2) is 6.61 Å². The Morgan fingerprint density at radius 3 is 2.31 bits per heavy atom. The van der Waals surface area contributed by atoms with Gasteiger partial charge in [-0.05, 0) is 74.7 Å². The van der Waals surface area contributed by atoms with Crippen molar-refractivity contribution in [3.8, 4) is 0 Å². The first-order chi connectivity index (χ1) is 12.1. The molecule has 2 aromatic rings. The van der Waals surface area contributed by atoms with E-state index in [4.69, 9.17) is 4.74 Å². The first-order valence-corrected chi connectivity index (χ1v) is 8.76. The molecule has 26 heavy (non-hydrogen) atoms. The Bertz CT molecular complexity index is 830. The highest BCUT2D eigenvalue weighted by molar-refractivity contribution is 9.11. The van der Waals surface area contributed by atoms with E-state index in [9.17, 15) is 22.8 Å². The number of carbonyl (C=O) groups is 2. The van der Waals surface area contributed by atoms with Crippen LogP contribution in [0.1, 0.15) is 21.5 Å². The van der Waals surface area contributed by atoms with E-state index in [1.807, 2.05) is 6.92 Å². The summed E-state index contributed by atoms with van der Waals surface area (Å²) in [5.41, 5.74) is 0.155. The molecule has 0 radical (unpaired) electrons. The quantitative estimate of drug-likeness (QED) is 0.584. The second-order valence-corrected chi connectivity index (χ2v) is 7.02. The molecule has 0 unspecified atom stereocenters.